The SMILES string of the molecule is COc1ccc2ccccc2c1-c1cc(=O)c2c(OC)cccc2o1. The van der Waals surface area contributed by atoms with E-state index in [0.29, 0.717) is 28.2 Å². The molecule has 4 aromatic rings. The molecule has 0 fully saturated rings. The van der Waals surface area contributed by atoms with Crippen LogP contribution in [0.4, 0.5) is 0 Å². The third-order valence-electron chi connectivity index (χ3n) is 4.29. The van der Waals surface area contributed by atoms with Gasteiger partial charge in [-0.1, -0.05) is 36.4 Å². The van der Waals surface area contributed by atoms with Gasteiger partial charge in [-0.15, -0.1) is 0 Å². The van der Waals surface area contributed by atoms with Crippen molar-refractivity contribution in [2.24, 2.45) is 0 Å². The van der Waals surface area contributed by atoms with E-state index in [1.807, 2.05) is 36.4 Å². The molecule has 4 heteroatoms. The van der Waals surface area contributed by atoms with Gasteiger partial charge in [0.15, 0.2) is 5.43 Å². The van der Waals surface area contributed by atoms with Crippen molar-refractivity contribution in [3.8, 4) is 22.8 Å². The zero-order valence-electron chi connectivity index (χ0n) is 13.9. The zero-order valence-corrected chi connectivity index (χ0v) is 13.9. The fourth-order valence-corrected chi connectivity index (χ4v) is 3.15. The summed E-state index contributed by atoms with van der Waals surface area (Å²) in [5, 5.41) is 2.45. The molecule has 0 atom stereocenters. The lowest BCUT2D eigenvalue weighted by atomic mass is 10.0. The fraction of sp³-hybridized carbons (Fsp3) is 0.0952. The molecule has 0 N–H and O–H groups in total. The van der Waals surface area contributed by atoms with Crippen molar-refractivity contribution in [2.75, 3.05) is 14.2 Å². The molecule has 4 rings (SSSR count). The summed E-state index contributed by atoms with van der Waals surface area (Å²) in [5.41, 5.74) is 1.10. The molecule has 124 valence electrons. The van der Waals surface area contributed by atoms with Crippen LogP contribution in [-0.2, 0) is 0 Å². The lowest BCUT2D eigenvalue weighted by Gasteiger charge is -2.12. The Morgan fingerprint density at radius 2 is 1.64 bits per heavy atom. The van der Waals surface area contributed by atoms with Gasteiger partial charge in [-0.25, -0.2) is 0 Å². The van der Waals surface area contributed by atoms with Crippen LogP contribution in [0.15, 0.2) is 69.9 Å². The molecule has 0 amide bonds. The van der Waals surface area contributed by atoms with Gasteiger partial charge >= 0.3 is 0 Å². The molecule has 0 aliphatic carbocycles. The Morgan fingerprint density at radius 3 is 2.44 bits per heavy atom. The lowest BCUT2D eigenvalue weighted by Crippen LogP contribution is -2.03. The molecule has 0 saturated carbocycles. The van der Waals surface area contributed by atoms with E-state index in [2.05, 4.69) is 0 Å². The minimum absolute atomic E-state index is 0.149. The predicted octanol–water partition coefficient (Wildman–Crippen LogP) is 4.63. The highest BCUT2D eigenvalue weighted by Gasteiger charge is 2.16. The lowest BCUT2D eigenvalue weighted by molar-refractivity contribution is 0.415. The maximum absolute atomic E-state index is 12.7. The number of methoxy groups -OCH3 is 2. The average Bonchev–Trinajstić information content (AvgIpc) is 2.66. The molecule has 1 heterocycles. The van der Waals surface area contributed by atoms with Crippen LogP contribution >= 0.6 is 0 Å². The van der Waals surface area contributed by atoms with Crippen molar-refractivity contribution < 1.29 is 13.9 Å². The van der Waals surface area contributed by atoms with Crippen molar-refractivity contribution >= 4 is 21.7 Å². The summed E-state index contributed by atoms with van der Waals surface area (Å²) in [5.74, 6) is 1.63. The summed E-state index contributed by atoms with van der Waals surface area (Å²) in [6, 6.07) is 18.6. The molecule has 0 saturated heterocycles. The largest absolute Gasteiger partial charge is 0.496 e. The summed E-state index contributed by atoms with van der Waals surface area (Å²) in [4.78, 5) is 12.7. The first-order valence-electron chi connectivity index (χ1n) is 7.90. The number of rotatable bonds is 3. The molecule has 0 spiro atoms. The van der Waals surface area contributed by atoms with Gasteiger partial charge in [0.05, 0.1) is 19.8 Å². The third kappa shape index (κ3) is 2.43. The van der Waals surface area contributed by atoms with E-state index in [-0.39, 0.29) is 5.43 Å². The highest BCUT2D eigenvalue weighted by atomic mass is 16.5. The van der Waals surface area contributed by atoms with Gasteiger partial charge in [0, 0.05) is 6.07 Å². The van der Waals surface area contributed by atoms with Gasteiger partial charge in [0.25, 0.3) is 0 Å². The minimum atomic E-state index is -0.149. The molecule has 0 aliphatic rings. The van der Waals surface area contributed by atoms with Crippen molar-refractivity contribution in [2.45, 2.75) is 0 Å². The van der Waals surface area contributed by atoms with Crippen LogP contribution in [0.5, 0.6) is 11.5 Å². The zero-order chi connectivity index (χ0) is 17.4. The van der Waals surface area contributed by atoms with Crippen molar-refractivity contribution in [1.29, 1.82) is 0 Å². The maximum Gasteiger partial charge on any atom is 0.197 e. The van der Waals surface area contributed by atoms with Crippen molar-refractivity contribution in [3.63, 3.8) is 0 Å². The molecule has 0 aliphatic heterocycles. The van der Waals surface area contributed by atoms with Crippen LogP contribution in [0.2, 0.25) is 0 Å². The summed E-state index contributed by atoms with van der Waals surface area (Å²) >= 11 is 0. The number of benzene rings is 3. The smallest absolute Gasteiger partial charge is 0.197 e. The third-order valence-corrected chi connectivity index (χ3v) is 4.29. The normalized spacial score (nSPS) is 11.0. The first kappa shape index (κ1) is 15.3. The van der Waals surface area contributed by atoms with Gasteiger partial charge in [-0.2, -0.15) is 0 Å². The van der Waals surface area contributed by atoms with E-state index in [4.69, 9.17) is 13.9 Å². The Hall–Kier alpha value is -3.27. The number of ether oxygens (including phenoxy) is 2. The van der Waals surface area contributed by atoms with E-state index >= 15 is 0 Å². The van der Waals surface area contributed by atoms with E-state index < -0.39 is 0 Å². The van der Waals surface area contributed by atoms with Crippen LogP contribution in [0.25, 0.3) is 33.1 Å². The highest BCUT2D eigenvalue weighted by molar-refractivity contribution is 5.99. The Morgan fingerprint density at radius 1 is 0.840 bits per heavy atom. The molecule has 0 bridgehead atoms. The van der Waals surface area contributed by atoms with E-state index in [1.54, 1.807) is 25.3 Å². The Kier molecular flexibility index (Phi) is 3.65. The molecule has 25 heavy (non-hydrogen) atoms. The highest BCUT2D eigenvalue weighted by Crippen LogP contribution is 2.38. The monoisotopic (exact) mass is 332 g/mol. The molecule has 0 radical (unpaired) electrons. The minimum Gasteiger partial charge on any atom is -0.496 e. The van der Waals surface area contributed by atoms with E-state index in [9.17, 15) is 4.79 Å². The van der Waals surface area contributed by atoms with E-state index in [1.165, 1.54) is 13.2 Å². The summed E-state index contributed by atoms with van der Waals surface area (Å²) in [6.45, 7) is 0. The van der Waals surface area contributed by atoms with E-state index in [0.717, 1.165) is 16.3 Å². The predicted molar refractivity (Wildman–Crippen MR) is 98.5 cm³/mol. The average molecular weight is 332 g/mol. The van der Waals surface area contributed by atoms with Crippen molar-refractivity contribution in [3.05, 3.63) is 70.9 Å². The number of hydrogen-bond acceptors (Lipinski definition) is 4. The molecular formula is C21H16O4. The molecule has 1 aromatic heterocycles. The van der Waals surface area contributed by atoms with Gasteiger partial charge in [0.1, 0.15) is 28.2 Å². The summed E-state index contributed by atoms with van der Waals surface area (Å²) < 4.78 is 16.9. The fourth-order valence-electron chi connectivity index (χ4n) is 3.15. The van der Waals surface area contributed by atoms with Crippen LogP contribution in [-0.4, -0.2) is 14.2 Å². The first-order valence-corrected chi connectivity index (χ1v) is 7.90. The summed E-state index contributed by atoms with van der Waals surface area (Å²) in [7, 11) is 3.14. The second-order valence-electron chi connectivity index (χ2n) is 5.67. The van der Waals surface area contributed by atoms with Gasteiger partial charge < -0.3 is 13.9 Å². The number of hydrogen-bond donors (Lipinski definition) is 0. The first-order chi connectivity index (χ1) is 12.2. The van der Waals surface area contributed by atoms with Gasteiger partial charge in [-0.05, 0) is 29.0 Å². The van der Waals surface area contributed by atoms with Gasteiger partial charge in [0.2, 0.25) is 0 Å². The van der Waals surface area contributed by atoms with Crippen LogP contribution in [0, 0.1) is 0 Å². The Balaban J connectivity index is 2.09. The standard InChI is InChI=1S/C21H16O4/c1-23-16-8-5-9-18-21(16)15(22)12-19(25-18)20-14-7-4-3-6-13(14)10-11-17(20)24-2/h3-12H,1-2H3. The van der Waals surface area contributed by atoms with Crippen LogP contribution in [0.3, 0.4) is 0 Å². The van der Waals surface area contributed by atoms with Crippen LogP contribution in [0.1, 0.15) is 0 Å². The maximum atomic E-state index is 12.7. The van der Waals surface area contributed by atoms with Crippen molar-refractivity contribution in [1.82, 2.24) is 0 Å². The Labute approximate surface area is 144 Å². The molecular weight excluding hydrogens is 316 g/mol. The van der Waals surface area contributed by atoms with Gasteiger partial charge in [-0.3, -0.25) is 4.79 Å². The number of fused-ring (bicyclic) bond motifs is 2. The molecule has 4 nitrogen and oxygen atoms in total. The topological polar surface area (TPSA) is 48.7 Å². The second kappa shape index (κ2) is 5.98. The summed E-state index contributed by atoms with van der Waals surface area (Å²) in [6.07, 6.45) is 0. The quantitative estimate of drug-likeness (QED) is 0.549. The Bertz CT molecular complexity index is 1140. The second-order valence-corrected chi connectivity index (χ2v) is 5.67. The molecule has 3 aromatic carbocycles. The molecule has 0 unspecified atom stereocenters. The van der Waals surface area contributed by atoms with Crippen LogP contribution < -0.4 is 14.9 Å².